The van der Waals surface area contributed by atoms with E-state index in [-0.39, 0.29) is 23.2 Å². The molecule has 2 aliphatic carbocycles. The lowest BCUT2D eigenvalue weighted by Crippen LogP contribution is -2.25. The molecule has 0 aliphatic heterocycles. The van der Waals surface area contributed by atoms with Gasteiger partial charge in [-0.25, -0.2) is 4.39 Å². The second-order valence-corrected chi connectivity index (χ2v) is 6.70. The molecule has 1 N–H and O–H groups in total. The molecule has 0 spiro atoms. The summed E-state index contributed by atoms with van der Waals surface area (Å²) in [6.45, 7) is 0.778. The summed E-state index contributed by atoms with van der Waals surface area (Å²) in [7, 11) is 0. The van der Waals surface area contributed by atoms with Gasteiger partial charge in [-0.3, -0.25) is 14.2 Å². The first-order chi connectivity index (χ1) is 11.6. The normalized spacial score (nSPS) is 16.9. The van der Waals surface area contributed by atoms with E-state index in [1.165, 1.54) is 43.2 Å². The highest BCUT2D eigenvalue weighted by Gasteiger charge is 2.30. The average Bonchev–Trinajstić information content (AvgIpc) is 3.47. The van der Waals surface area contributed by atoms with Crippen LogP contribution in [0.15, 0.2) is 41.2 Å². The van der Waals surface area contributed by atoms with Gasteiger partial charge in [0.05, 0.1) is 5.56 Å². The molecular formula is C19H19FN2O2. The van der Waals surface area contributed by atoms with E-state index in [9.17, 15) is 14.0 Å². The van der Waals surface area contributed by atoms with E-state index in [2.05, 4.69) is 5.32 Å². The standard InChI is InChI=1S/C19H19FN2O2/c20-14-5-3-13(4-6-14)18(24)16-9-10-17(23)22(15-7-8-15)19(16)21-11-12-1-2-12/h3-6,9-10,12,15,21H,1-2,7-8,11H2. The molecule has 1 aromatic carbocycles. The summed E-state index contributed by atoms with van der Waals surface area (Å²) in [5.74, 6) is 0.678. The van der Waals surface area contributed by atoms with Gasteiger partial charge >= 0.3 is 0 Å². The summed E-state index contributed by atoms with van der Waals surface area (Å²) in [6, 6.07) is 8.74. The van der Waals surface area contributed by atoms with E-state index in [1.54, 1.807) is 10.6 Å². The van der Waals surface area contributed by atoms with Crippen molar-refractivity contribution in [1.82, 2.24) is 4.57 Å². The zero-order valence-electron chi connectivity index (χ0n) is 13.3. The molecule has 2 aliphatic rings. The summed E-state index contributed by atoms with van der Waals surface area (Å²) in [6.07, 6.45) is 4.31. The minimum absolute atomic E-state index is 0.0774. The van der Waals surface area contributed by atoms with Crippen molar-refractivity contribution in [2.24, 2.45) is 5.92 Å². The number of carbonyl (C=O) groups is 1. The van der Waals surface area contributed by atoms with Crippen LogP contribution in [0.4, 0.5) is 10.2 Å². The number of halogens is 1. The zero-order valence-corrected chi connectivity index (χ0v) is 13.3. The molecule has 1 heterocycles. The molecule has 0 atom stereocenters. The number of benzene rings is 1. The lowest BCUT2D eigenvalue weighted by Gasteiger charge is -2.17. The van der Waals surface area contributed by atoms with Crippen LogP contribution in [0.2, 0.25) is 0 Å². The predicted octanol–water partition coefficient (Wildman–Crippen LogP) is 3.38. The molecule has 4 nitrogen and oxygen atoms in total. The van der Waals surface area contributed by atoms with Crippen LogP contribution in [0.1, 0.15) is 47.6 Å². The van der Waals surface area contributed by atoms with Gasteiger partial charge in [-0.2, -0.15) is 0 Å². The second-order valence-electron chi connectivity index (χ2n) is 6.70. The molecule has 4 rings (SSSR count). The van der Waals surface area contributed by atoms with Crippen molar-refractivity contribution in [3.8, 4) is 0 Å². The van der Waals surface area contributed by atoms with Crippen LogP contribution >= 0.6 is 0 Å². The highest BCUT2D eigenvalue weighted by atomic mass is 19.1. The van der Waals surface area contributed by atoms with Crippen molar-refractivity contribution in [1.29, 1.82) is 0 Å². The second kappa shape index (κ2) is 5.89. The van der Waals surface area contributed by atoms with Crippen molar-refractivity contribution < 1.29 is 9.18 Å². The summed E-state index contributed by atoms with van der Waals surface area (Å²) in [4.78, 5) is 25.2. The number of rotatable bonds is 6. The molecule has 0 unspecified atom stereocenters. The van der Waals surface area contributed by atoms with Gasteiger partial charge in [0.2, 0.25) is 0 Å². The number of anilines is 1. The highest BCUT2D eigenvalue weighted by Crippen LogP contribution is 2.37. The third kappa shape index (κ3) is 2.98. The largest absolute Gasteiger partial charge is 0.370 e. The van der Waals surface area contributed by atoms with Crippen LogP contribution in [-0.4, -0.2) is 16.9 Å². The lowest BCUT2D eigenvalue weighted by atomic mass is 10.0. The molecule has 5 heteroatoms. The first-order valence-corrected chi connectivity index (χ1v) is 8.43. The highest BCUT2D eigenvalue weighted by molar-refractivity contribution is 6.11. The SMILES string of the molecule is O=C(c1ccc(F)cc1)c1ccc(=O)n(C2CC2)c1NCC1CC1. The molecule has 0 radical (unpaired) electrons. The maximum absolute atomic E-state index is 13.1. The van der Waals surface area contributed by atoms with Gasteiger partial charge in [0, 0.05) is 24.2 Å². The van der Waals surface area contributed by atoms with Gasteiger partial charge in [0.1, 0.15) is 11.6 Å². The van der Waals surface area contributed by atoms with Gasteiger partial charge < -0.3 is 5.32 Å². The molecule has 24 heavy (non-hydrogen) atoms. The van der Waals surface area contributed by atoms with Crippen LogP contribution in [0.25, 0.3) is 0 Å². The fourth-order valence-electron chi connectivity index (χ4n) is 2.93. The summed E-state index contributed by atoms with van der Waals surface area (Å²) in [5.41, 5.74) is 0.826. The number of nitrogens with zero attached hydrogens (tertiary/aromatic N) is 1. The summed E-state index contributed by atoms with van der Waals surface area (Å²) in [5, 5.41) is 3.34. The number of aromatic nitrogens is 1. The Morgan fingerprint density at radius 1 is 1.08 bits per heavy atom. The van der Waals surface area contributed by atoms with E-state index in [0.29, 0.717) is 22.9 Å². The maximum Gasteiger partial charge on any atom is 0.252 e. The molecular weight excluding hydrogens is 307 g/mol. The van der Waals surface area contributed by atoms with Crippen molar-refractivity contribution in [2.45, 2.75) is 31.7 Å². The molecule has 0 amide bonds. The maximum atomic E-state index is 13.1. The monoisotopic (exact) mass is 326 g/mol. The Morgan fingerprint density at radius 2 is 1.79 bits per heavy atom. The number of ketones is 1. The van der Waals surface area contributed by atoms with Crippen molar-refractivity contribution in [3.05, 3.63) is 63.7 Å². The zero-order chi connectivity index (χ0) is 16.7. The van der Waals surface area contributed by atoms with Crippen LogP contribution in [-0.2, 0) is 0 Å². The molecule has 0 bridgehead atoms. The van der Waals surface area contributed by atoms with E-state index in [1.807, 2.05) is 0 Å². The molecule has 1 aromatic heterocycles. The Labute approximate surface area is 139 Å². The Morgan fingerprint density at radius 3 is 2.42 bits per heavy atom. The minimum Gasteiger partial charge on any atom is -0.370 e. The van der Waals surface area contributed by atoms with Gasteiger partial charge in [0.15, 0.2) is 5.78 Å². The number of hydrogen-bond donors (Lipinski definition) is 1. The molecule has 2 fully saturated rings. The van der Waals surface area contributed by atoms with Crippen LogP contribution in [0.5, 0.6) is 0 Å². The molecule has 2 aromatic rings. The molecule has 124 valence electrons. The fourth-order valence-corrected chi connectivity index (χ4v) is 2.93. The topological polar surface area (TPSA) is 51.1 Å². The van der Waals surface area contributed by atoms with Gasteiger partial charge in [-0.1, -0.05) is 0 Å². The van der Waals surface area contributed by atoms with Crippen LogP contribution < -0.4 is 10.9 Å². The fraction of sp³-hybridized carbons (Fsp3) is 0.368. The van der Waals surface area contributed by atoms with E-state index < -0.39 is 0 Å². The third-order valence-corrected chi connectivity index (χ3v) is 4.64. The van der Waals surface area contributed by atoms with Crippen LogP contribution in [0, 0.1) is 11.7 Å². The molecule has 2 saturated carbocycles. The van der Waals surface area contributed by atoms with Crippen molar-refractivity contribution in [2.75, 3.05) is 11.9 Å². The number of nitrogens with one attached hydrogen (secondary N) is 1. The summed E-state index contributed by atoms with van der Waals surface area (Å²) >= 11 is 0. The summed E-state index contributed by atoms with van der Waals surface area (Å²) < 4.78 is 14.8. The minimum atomic E-state index is -0.374. The quantitative estimate of drug-likeness (QED) is 0.828. The predicted molar refractivity (Wildman–Crippen MR) is 90.0 cm³/mol. The van der Waals surface area contributed by atoms with Crippen LogP contribution in [0.3, 0.4) is 0 Å². The van der Waals surface area contributed by atoms with Gasteiger partial charge in [-0.05, 0) is 61.9 Å². The number of hydrogen-bond acceptors (Lipinski definition) is 3. The first kappa shape index (κ1) is 15.1. The third-order valence-electron chi connectivity index (χ3n) is 4.64. The Balaban J connectivity index is 1.75. The average molecular weight is 326 g/mol. The van der Waals surface area contributed by atoms with E-state index >= 15 is 0 Å². The number of pyridine rings is 1. The molecule has 0 saturated heterocycles. The Bertz CT molecular complexity index is 833. The first-order valence-electron chi connectivity index (χ1n) is 8.43. The van der Waals surface area contributed by atoms with Crippen molar-refractivity contribution >= 4 is 11.6 Å². The Kier molecular flexibility index (Phi) is 3.71. The van der Waals surface area contributed by atoms with Crippen molar-refractivity contribution in [3.63, 3.8) is 0 Å². The number of carbonyl (C=O) groups excluding carboxylic acids is 1. The smallest absolute Gasteiger partial charge is 0.252 e. The van der Waals surface area contributed by atoms with Gasteiger partial charge in [0.25, 0.3) is 5.56 Å². The van der Waals surface area contributed by atoms with E-state index in [0.717, 1.165) is 19.4 Å². The lowest BCUT2D eigenvalue weighted by molar-refractivity contribution is 0.103. The van der Waals surface area contributed by atoms with Gasteiger partial charge in [-0.15, -0.1) is 0 Å². The van der Waals surface area contributed by atoms with E-state index in [4.69, 9.17) is 0 Å². The Hall–Kier alpha value is -2.43.